The van der Waals surface area contributed by atoms with Crippen LogP contribution in [-0.2, 0) is 9.53 Å². The normalized spacial score (nSPS) is 14.6. The van der Waals surface area contributed by atoms with Gasteiger partial charge in [-0.25, -0.2) is 9.59 Å². The smallest absolute Gasteiger partial charge is 0.338 e. The van der Waals surface area contributed by atoms with E-state index in [9.17, 15) is 14.4 Å². The van der Waals surface area contributed by atoms with Gasteiger partial charge in [-0.3, -0.25) is 10.1 Å². The molecule has 1 fully saturated rings. The van der Waals surface area contributed by atoms with Crippen molar-refractivity contribution in [2.75, 3.05) is 24.7 Å². The summed E-state index contributed by atoms with van der Waals surface area (Å²) in [5.41, 5.74) is 1.56. The number of carbonyl (C=O) groups excluding carboxylic acids is 3. The molecule has 25 heavy (non-hydrogen) atoms. The molecule has 1 aromatic carbocycles. The summed E-state index contributed by atoms with van der Waals surface area (Å²) < 4.78 is 5.35. The van der Waals surface area contributed by atoms with Gasteiger partial charge in [0.05, 0.1) is 10.1 Å². The molecule has 0 bridgehead atoms. The predicted octanol–water partition coefficient (Wildman–Crippen LogP) is 2.95. The highest BCUT2D eigenvalue weighted by atomic mass is 32.2. The van der Waals surface area contributed by atoms with Gasteiger partial charge in [-0.2, -0.15) is 0 Å². The van der Waals surface area contributed by atoms with E-state index in [0.717, 1.165) is 17.9 Å². The second-order valence-electron chi connectivity index (χ2n) is 5.43. The number of ether oxygens (including phenoxy) is 1. The monoisotopic (exact) mass is 382 g/mol. The molecule has 0 aliphatic carbocycles. The Morgan fingerprint density at radius 3 is 2.48 bits per heavy atom. The number of carbonyl (C=O) groups is 3. The van der Waals surface area contributed by atoms with E-state index in [2.05, 4.69) is 10.6 Å². The van der Waals surface area contributed by atoms with E-state index < -0.39 is 24.5 Å². The van der Waals surface area contributed by atoms with Gasteiger partial charge in [-0.1, -0.05) is 19.1 Å². The van der Waals surface area contributed by atoms with Crippen LogP contribution in [0.5, 0.6) is 0 Å². The largest absolute Gasteiger partial charge is 0.452 e. The SMILES string of the molecule is CCCNC(=O)NC(=O)COC(=O)c1ccc(C2SCCCS2)cc1. The van der Waals surface area contributed by atoms with E-state index in [4.69, 9.17) is 4.74 Å². The number of rotatable bonds is 6. The summed E-state index contributed by atoms with van der Waals surface area (Å²) in [6.45, 7) is 1.89. The van der Waals surface area contributed by atoms with Crippen LogP contribution < -0.4 is 10.6 Å². The molecule has 6 nitrogen and oxygen atoms in total. The zero-order chi connectivity index (χ0) is 18.1. The topological polar surface area (TPSA) is 84.5 Å². The van der Waals surface area contributed by atoms with Crippen molar-refractivity contribution in [3.8, 4) is 0 Å². The van der Waals surface area contributed by atoms with Crippen LogP contribution in [0.4, 0.5) is 4.79 Å². The van der Waals surface area contributed by atoms with Crippen LogP contribution in [0.25, 0.3) is 0 Å². The van der Waals surface area contributed by atoms with Crippen molar-refractivity contribution in [2.24, 2.45) is 0 Å². The molecular formula is C17H22N2O4S2. The number of hydrogen-bond acceptors (Lipinski definition) is 6. The first-order valence-electron chi connectivity index (χ1n) is 8.18. The maximum absolute atomic E-state index is 12.0. The number of urea groups is 1. The minimum absolute atomic E-state index is 0.387. The fourth-order valence-corrected chi connectivity index (χ4v) is 5.01. The predicted molar refractivity (Wildman–Crippen MR) is 101 cm³/mol. The van der Waals surface area contributed by atoms with Gasteiger partial charge >= 0.3 is 12.0 Å². The zero-order valence-electron chi connectivity index (χ0n) is 14.1. The van der Waals surface area contributed by atoms with E-state index in [1.165, 1.54) is 12.0 Å². The van der Waals surface area contributed by atoms with Crippen LogP contribution in [0.3, 0.4) is 0 Å². The van der Waals surface area contributed by atoms with Crippen molar-refractivity contribution in [1.82, 2.24) is 10.6 Å². The first-order valence-corrected chi connectivity index (χ1v) is 10.3. The third kappa shape index (κ3) is 6.62. The number of hydrogen-bond donors (Lipinski definition) is 2. The Hall–Kier alpha value is -1.67. The average Bonchev–Trinajstić information content (AvgIpc) is 2.65. The summed E-state index contributed by atoms with van der Waals surface area (Å²) in [5, 5.41) is 4.61. The molecule has 1 aromatic rings. The summed E-state index contributed by atoms with van der Waals surface area (Å²) in [4.78, 5) is 34.9. The van der Waals surface area contributed by atoms with Crippen molar-refractivity contribution in [3.05, 3.63) is 35.4 Å². The Labute approximate surface area is 155 Å². The lowest BCUT2D eigenvalue weighted by molar-refractivity contribution is -0.123. The van der Waals surface area contributed by atoms with Crippen LogP contribution in [0.1, 0.15) is 40.3 Å². The van der Waals surface area contributed by atoms with E-state index in [-0.39, 0.29) is 0 Å². The fourth-order valence-electron chi connectivity index (χ4n) is 2.12. The fraction of sp³-hybridized carbons (Fsp3) is 0.471. The van der Waals surface area contributed by atoms with Crippen molar-refractivity contribution in [1.29, 1.82) is 0 Å². The van der Waals surface area contributed by atoms with Gasteiger partial charge in [0.15, 0.2) is 6.61 Å². The number of imide groups is 1. The lowest BCUT2D eigenvalue weighted by Crippen LogP contribution is -2.41. The lowest BCUT2D eigenvalue weighted by Gasteiger charge is -2.21. The van der Waals surface area contributed by atoms with E-state index in [1.807, 2.05) is 42.6 Å². The average molecular weight is 383 g/mol. The van der Waals surface area contributed by atoms with E-state index in [1.54, 1.807) is 12.1 Å². The van der Waals surface area contributed by atoms with Crippen LogP contribution in [0.15, 0.2) is 24.3 Å². The highest BCUT2D eigenvalue weighted by Gasteiger charge is 2.17. The molecule has 0 unspecified atom stereocenters. The van der Waals surface area contributed by atoms with E-state index >= 15 is 0 Å². The standard InChI is InChI=1S/C17H22N2O4S2/c1-2-8-18-17(22)19-14(20)11-23-15(21)12-4-6-13(7-5-12)16-24-9-3-10-25-16/h4-7,16H,2-3,8-11H2,1H3,(H2,18,19,20,22). The Morgan fingerprint density at radius 2 is 1.84 bits per heavy atom. The third-order valence-corrected chi connectivity index (χ3v) is 6.38. The molecule has 0 spiro atoms. The maximum Gasteiger partial charge on any atom is 0.338 e. The number of nitrogens with one attached hydrogen (secondary N) is 2. The number of esters is 1. The van der Waals surface area contributed by atoms with Crippen LogP contribution in [0.2, 0.25) is 0 Å². The maximum atomic E-state index is 12.0. The van der Waals surface area contributed by atoms with E-state index in [0.29, 0.717) is 16.7 Å². The van der Waals surface area contributed by atoms with Gasteiger partial charge in [-0.15, -0.1) is 23.5 Å². The summed E-state index contributed by atoms with van der Waals surface area (Å²) in [5.74, 6) is 1.07. The Kier molecular flexibility index (Phi) is 8.14. The van der Waals surface area contributed by atoms with Crippen molar-refractivity contribution >= 4 is 41.4 Å². The molecule has 0 saturated carbocycles. The molecule has 0 atom stereocenters. The highest BCUT2D eigenvalue weighted by molar-refractivity contribution is 8.16. The number of amides is 3. The van der Waals surface area contributed by atoms with Gasteiger partial charge in [0.25, 0.3) is 5.91 Å². The summed E-state index contributed by atoms with van der Waals surface area (Å²) in [6.07, 6.45) is 2.00. The highest BCUT2D eigenvalue weighted by Crippen LogP contribution is 2.43. The summed E-state index contributed by atoms with van der Waals surface area (Å²) in [6, 6.07) is 6.67. The van der Waals surface area contributed by atoms with Crippen LogP contribution in [0, 0.1) is 0 Å². The van der Waals surface area contributed by atoms with Gasteiger partial charge in [0, 0.05) is 6.54 Å². The molecule has 0 radical (unpaired) electrons. The summed E-state index contributed by atoms with van der Waals surface area (Å²) >= 11 is 3.82. The van der Waals surface area contributed by atoms with Gasteiger partial charge < -0.3 is 10.1 Å². The molecule has 8 heteroatoms. The second kappa shape index (κ2) is 10.4. The molecule has 1 saturated heterocycles. The second-order valence-corrected chi connectivity index (χ2v) is 8.15. The molecule has 1 aliphatic heterocycles. The number of thioether (sulfide) groups is 2. The Morgan fingerprint density at radius 1 is 1.16 bits per heavy atom. The Balaban J connectivity index is 1.78. The Bertz CT molecular complexity index is 601. The molecular weight excluding hydrogens is 360 g/mol. The van der Waals surface area contributed by atoms with Gasteiger partial charge in [0.1, 0.15) is 0 Å². The van der Waals surface area contributed by atoms with Gasteiger partial charge in [-0.05, 0) is 42.0 Å². The molecule has 1 aliphatic rings. The number of benzene rings is 1. The van der Waals surface area contributed by atoms with Crippen LogP contribution in [-0.4, -0.2) is 42.6 Å². The van der Waals surface area contributed by atoms with Crippen molar-refractivity contribution in [3.63, 3.8) is 0 Å². The minimum Gasteiger partial charge on any atom is -0.452 e. The molecule has 3 amide bonds. The minimum atomic E-state index is -0.659. The van der Waals surface area contributed by atoms with Gasteiger partial charge in [0.2, 0.25) is 0 Å². The zero-order valence-corrected chi connectivity index (χ0v) is 15.7. The third-order valence-electron chi connectivity index (χ3n) is 3.37. The van der Waals surface area contributed by atoms with Crippen LogP contribution >= 0.6 is 23.5 Å². The molecule has 1 heterocycles. The van der Waals surface area contributed by atoms with Crippen molar-refractivity contribution < 1.29 is 19.1 Å². The lowest BCUT2D eigenvalue weighted by atomic mass is 10.1. The first-order chi connectivity index (χ1) is 12.1. The molecule has 2 rings (SSSR count). The quantitative estimate of drug-likeness (QED) is 0.736. The first kappa shape index (κ1) is 19.7. The molecule has 136 valence electrons. The van der Waals surface area contributed by atoms with Crippen molar-refractivity contribution in [2.45, 2.75) is 24.3 Å². The summed E-state index contributed by atoms with van der Waals surface area (Å²) in [7, 11) is 0. The molecule has 2 N–H and O–H groups in total. The molecule has 0 aromatic heterocycles.